The molecule has 5 nitrogen and oxygen atoms in total. The Morgan fingerprint density at radius 2 is 1.88 bits per heavy atom. The maximum absolute atomic E-state index is 12.4. The molecule has 1 N–H and O–H groups in total. The van der Waals surface area contributed by atoms with Crippen LogP contribution in [0.15, 0.2) is 54.6 Å². The van der Waals surface area contributed by atoms with Crippen molar-refractivity contribution in [1.29, 1.82) is 0 Å². The second-order valence-corrected chi connectivity index (χ2v) is 5.95. The molecule has 0 unspecified atom stereocenters. The molecule has 0 aliphatic carbocycles. The number of nitrogens with zero attached hydrogens (tertiary/aromatic N) is 2. The lowest BCUT2D eigenvalue weighted by atomic mass is 10.1. The molecule has 0 fully saturated rings. The van der Waals surface area contributed by atoms with Crippen molar-refractivity contribution in [1.82, 2.24) is 15.1 Å². The Labute approximate surface area is 147 Å². The third kappa shape index (κ3) is 3.88. The van der Waals surface area contributed by atoms with Gasteiger partial charge in [-0.15, -0.1) is 0 Å². The van der Waals surface area contributed by atoms with Gasteiger partial charge in [0.05, 0.1) is 12.8 Å². The molecule has 2 aromatic carbocycles. The van der Waals surface area contributed by atoms with E-state index < -0.39 is 0 Å². The zero-order valence-corrected chi connectivity index (χ0v) is 14.6. The minimum Gasteiger partial charge on any atom is -0.497 e. The van der Waals surface area contributed by atoms with Crippen molar-refractivity contribution in [3.63, 3.8) is 0 Å². The summed E-state index contributed by atoms with van der Waals surface area (Å²) in [5.41, 5.74) is 4.39. The summed E-state index contributed by atoms with van der Waals surface area (Å²) in [6.07, 6.45) is 0. The molecule has 1 heterocycles. The Morgan fingerprint density at radius 1 is 1.12 bits per heavy atom. The van der Waals surface area contributed by atoms with Crippen LogP contribution in [0.3, 0.4) is 0 Å². The van der Waals surface area contributed by atoms with Crippen LogP contribution in [0, 0.1) is 13.8 Å². The number of benzene rings is 2. The number of hydrogen-bond acceptors (Lipinski definition) is 3. The van der Waals surface area contributed by atoms with Crippen molar-refractivity contribution < 1.29 is 9.53 Å². The molecule has 0 bridgehead atoms. The van der Waals surface area contributed by atoms with Gasteiger partial charge in [-0.25, -0.2) is 4.68 Å². The van der Waals surface area contributed by atoms with Crippen LogP contribution in [-0.4, -0.2) is 22.8 Å². The van der Waals surface area contributed by atoms with Crippen molar-refractivity contribution in [2.24, 2.45) is 0 Å². The van der Waals surface area contributed by atoms with E-state index in [4.69, 9.17) is 4.74 Å². The van der Waals surface area contributed by atoms with Crippen molar-refractivity contribution in [3.05, 3.63) is 77.1 Å². The molecule has 25 heavy (non-hydrogen) atoms. The Hall–Kier alpha value is -3.08. The molecule has 0 radical (unpaired) electrons. The summed E-state index contributed by atoms with van der Waals surface area (Å²) < 4.78 is 6.99. The molecule has 1 amide bonds. The van der Waals surface area contributed by atoms with Crippen LogP contribution in [0.1, 0.15) is 27.3 Å². The highest BCUT2D eigenvalue weighted by Crippen LogP contribution is 2.18. The molecule has 128 valence electrons. The fourth-order valence-corrected chi connectivity index (χ4v) is 2.57. The van der Waals surface area contributed by atoms with Gasteiger partial charge in [-0.05, 0) is 37.6 Å². The van der Waals surface area contributed by atoms with Gasteiger partial charge in [0.1, 0.15) is 5.75 Å². The van der Waals surface area contributed by atoms with E-state index in [1.807, 2.05) is 62.4 Å². The molecule has 0 saturated carbocycles. The molecule has 0 aliphatic heterocycles. The molecular formula is C20H21N3O2. The maximum atomic E-state index is 12.4. The quantitative estimate of drug-likeness (QED) is 0.777. The van der Waals surface area contributed by atoms with E-state index in [-0.39, 0.29) is 5.91 Å². The Bertz CT molecular complexity index is 882. The lowest BCUT2D eigenvalue weighted by Crippen LogP contribution is -2.23. The first-order chi connectivity index (χ1) is 12.1. The van der Waals surface area contributed by atoms with E-state index >= 15 is 0 Å². The number of carbonyl (C=O) groups excluding carboxylic acids is 1. The zero-order valence-electron chi connectivity index (χ0n) is 14.6. The van der Waals surface area contributed by atoms with Gasteiger partial charge in [-0.3, -0.25) is 4.79 Å². The lowest BCUT2D eigenvalue weighted by molar-refractivity contribution is 0.0945. The number of ether oxygens (including phenoxy) is 1. The van der Waals surface area contributed by atoms with E-state index in [1.54, 1.807) is 17.9 Å². The summed E-state index contributed by atoms with van der Waals surface area (Å²) in [6.45, 7) is 4.43. The first-order valence-electron chi connectivity index (χ1n) is 8.11. The highest BCUT2D eigenvalue weighted by Gasteiger charge is 2.13. The molecule has 0 atom stereocenters. The summed E-state index contributed by atoms with van der Waals surface area (Å²) in [4.78, 5) is 12.4. The van der Waals surface area contributed by atoms with E-state index in [9.17, 15) is 4.79 Å². The minimum absolute atomic E-state index is 0.190. The van der Waals surface area contributed by atoms with Gasteiger partial charge in [-0.2, -0.15) is 5.10 Å². The third-order valence-electron chi connectivity index (χ3n) is 3.99. The van der Waals surface area contributed by atoms with Crippen molar-refractivity contribution in [2.75, 3.05) is 7.11 Å². The van der Waals surface area contributed by atoms with Crippen LogP contribution in [-0.2, 0) is 6.54 Å². The predicted octanol–water partition coefficient (Wildman–Crippen LogP) is 3.43. The summed E-state index contributed by atoms with van der Waals surface area (Å²) in [5, 5.41) is 7.34. The molecule has 0 aliphatic rings. The van der Waals surface area contributed by atoms with Crippen molar-refractivity contribution in [2.45, 2.75) is 20.4 Å². The van der Waals surface area contributed by atoms with Crippen LogP contribution in [0.4, 0.5) is 0 Å². The smallest absolute Gasteiger partial charge is 0.272 e. The van der Waals surface area contributed by atoms with Gasteiger partial charge >= 0.3 is 0 Å². The number of methoxy groups -OCH3 is 1. The fraction of sp³-hybridized carbons (Fsp3) is 0.200. The van der Waals surface area contributed by atoms with Gasteiger partial charge in [0.2, 0.25) is 0 Å². The van der Waals surface area contributed by atoms with E-state index in [0.717, 1.165) is 22.7 Å². The van der Waals surface area contributed by atoms with Gasteiger partial charge in [0, 0.05) is 18.3 Å². The topological polar surface area (TPSA) is 56.2 Å². The Morgan fingerprint density at radius 3 is 2.60 bits per heavy atom. The number of nitrogens with one attached hydrogen (secondary N) is 1. The Balaban J connectivity index is 1.74. The standard InChI is InChI=1S/C20H21N3O2/c1-14-7-9-16(10-8-14)13-21-20(24)19-11-15(2)23(22-19)17-5-4-6-18(12-17)25-3/h4-12H,13H2,1-3H3,(H,21,24). The average molecular weight is 335 g/mol. The van der Waals surface area contributed by atoms with Crippen molar-refractivity contribution >= 4 is 5.91 Å². The highest BCUT2D eigenvalue weighted by atomic mass is 16.5. The van der Waals surface area contributed by atoms with Crippen molar-refractivity contribution in [3.8, 4) is 11.4 Å². The molecule has 1 aromatic heterocycles. The third-order valence-corrected chi connectivity index (χ3v) is 3.99. The molecular weight excluding hydrogens is 314 g/mol. The van der Waals surface area contributed by atoms with Gasteiger partial charge < -0.3 is 10.1 Å². The lowest BCUT2D eigenvalue weighted by Gasteiger charge is -2.06. The normalized spacial score (nSPS) is 10.5. The predicted molar refractivity (Wildman–Crippen MR) is 97.2 cm³/mol. The average Bonchev–Trinajstić information content (AvgIpc) is 3.03. The highest BCUT2D eigenvalue weighted by molar-refractivity contribution is 5.92. The molecule has 5 heteroatoms. The van der Waals surface area contributed by atoms with Gasteiger partial charge in [0.25, 0.3) is 5.91 Å². The fourth-order valence-electron chi connectivity index (χ4n) is 2.57. The Kier molecular flexibility index (Phi) is 4.84. The largest absolute Gasteiger partial charge is 0.497 e. The van der Waals surface area contributed by atoms with E-state index in [0.29, 0.717) is 12.2 Å². The van der Waals surface area contributed by atoms with Gasteiger partial charge in [-0.1, -0.05) is 35.9 Å². The van der Waals surface area contributed by atoms with Crippen LogP contribution in [0.5, 0.6) is 5.75 Å². The summed E-state index contributed by atoms with van der Waals surface area (Å²) in [5.74, 6) is 0.558. The van der Waals surface area contributed by atoms with Crippen LogP contribution in [0.2, 0.25) is 0 Å². The second kappa shape index (κ2) is 7.21. The molecule has 3 aromatic rings. The SMILES string of the molecule is COc1cccc(-n2nc(C(=O)NCc3ccc(C)cc3)cc2C)c1. The number of aryl methyl sites for hydroxylation is 2. The summed E-state index contributed by atoms with van der Waals surface area (Å²) in [7, 11) is 1.62. The monoisotopic (exact) mass is 335 g/mol. The van der Waals surface area contributed by atoms with Crippen LogP contribution in [0.25, 0.3) is 5.69 Å². The minimum atomic E-state index is -0.190. The second-order valence-electron chi connectivity index (χ2n) is 5.95. The molecule has 0 spiro atoms. The van der Waals surface area contributed by atoms with E-state index in [1.165, 1.54) is 5.56 Å². The van der Waals surface area contributed by atoms with Crippen LogP contribution < -0.4 is 10.1 Å². The number of rotatable bonds is 5. The number of hydrogen-bond donors (Lipinski definition) is 1. The van der Waals surface area contributed by atoms with Gasteiger partial charge in [0.15, 0.2) is 5.69 Å². The molecule has 3 rings (SSSR count). The number of aromatic nitrogens is 2. The zero-order chi connectivity index (χ0) is 17.8. The first kappa shape index (κ1) is 16.8. The summed E-state index contributed by atoms with van der Waals surface area (Å²) in [6, 6.07) is 17.4. The van der Waals surface area contributed by atoms with E-state index in [2.05, 4.69) is 10.4 Å². The number of amides is 1. The summed E-state index contributed by atoms with van der Waals surface area (Å²) >= 11 is 0. The maximum Gasteiger partial charge on any atom is 0.272 e. The first-order valence-corrected chi connectivity index (χ1v) is 8.11. The molecule has 0 saturated heterocycles. The number of carbonyl (C=O) groups is 1. The van der Waals surface area contributed by atoms with Crippen LogP contribution >= 0.6 is 0 Å².